The lowest BCUT2D eigenvalue weighted by Gasteiger charge is -2.31. The molecule has 22 heavy (non-hydrogen) atoms. The highest BCUT2D eigenvalue weighted by Crippen LogP contribution is 2.34. The van der Waals surface area contributed by atoms with Crippen LogP contribution in [0.5, 0.6) is 0 Å². The first-order chi connectivity index (χ1) is 10.5. The molecule has 0 aromatic heterocycles. The van der Waals surface area contributed by atoms with Gasteiger partial charge in [-0.1, -0.05) is 17.7 Å². The van der Waals surface area contributed by atoms with Crippen molar-refractivity contribution in [1.82, 2.24) is 4.90 Å². The zero-order valence-electron chi connectivity index (χ0n) is 12.9. The Morgan fingerprint density at radius 2 is 2.14 bits per heavy atom. The van der Waals surface area contributed by atoms with Gasteiger partial charge in [-0.2, -0.15) is 5.26 Å². The lowest BCUT2D eigenvalue weighted by Crippen LogP contribution is -2.29. The van der Waals surface area contributed by atoms with Crippen LogP contribution in [0.3, 0.4) is 0 Å². The fourth-order valence-electron chi connectivity index (χ4n) is 2.90. The minimum absolute atomic E-state index is 0.163. The maximum Gasteiger partial charge on any atom is 0.141 e. The highest BCUT2D eigenvalue weighted by molar-refractivity contribution is 6.30. The first-order valence-corrected chi connectivity index (χ1v) is 8.04. The van der Waals surface area contributed by atoms with Crippen LogP contribution >= 0.6 is 11.6 Å². The van der Waals surface area contributed by atoms with Crippen LogP contribution in [0, 0.1) is 22.6 Å². The molecule has 0 N–H and O–H groups in total. The maximum atomic E-state index is 13.1. The molecule has 0 radical (unpaired) electrons. The molecule has 1 aromatic rings. The van der Waals surface area contributed by atoms with Crippen molar-refractivity contribution in [2.45, 2.75) is 32.2 Å². The number of hydrogen-bond acceptors (Lipinski definition) is 3. The number of nitriles is 1. The summed E-state index contributed by atoms with van der Waals surface area (Å²) >= 11 is 5.80. The van der Waals surface area contributed by atoms with Crippen LogP contribution in [0.15, 0.2) is 18.2 Å². The molecule has 0 atom stereocenters. The maximum absolute atomic E-state index is 13.1. The Bertz CT molecular complexity index is 538. The average molecular weight is 325 g/mol. The van der Waals surface area contributed by atoms with E-state index in [0.29, 0.717) is 13.2 Å². The van der Waals surface area contributed by atoms with Gasteiger partial charge in [0.25, 0.3) is 0 Å². The number of ether oxygens (including phenoxy) is 1. The molecule has 1 aromatic carbocycles. The third-order valence-corrected chi connectivity index (χ3v) is 4.61. The molecule has 1 heterocycles. The van der Waals surface area contributed by atoms with Crippen molar-refractivity contribution in [1.29, 1.82) is 5.26 Å². The zero-order chi connectivity index (χ0) is 16.0. The third kappa shape index (κ3) is 4.67. The second-order valence-corrected chi connectivity index (χ2v) is 6.50. The van der Waals surface area contributed by atoms with Gasteiger partial charge in [0, 0.05) is 19.8 Å². The van der Waals surface area contributed by atoms with E-state index in [1.165, 1.54) is 6.07 Å². The summed E-state index contributed by atoms with van der Waals surface area (Å²) < 4.78 is 18.5. The predicted molar refractivity (Wildman–Crippen MR) is 85.1 cm³/mol. The Morgan fingerprint density at radius 1 is 1.41 bits per heavy atom. The van der Waals surface area contributed by atoms with Crippen LogP contribution in [0.4, 0.5) is 4.39 Å². The van der Waals surface area contributed by atoms with E-state index in [0.717, 1.165) is 44.3 Å². The summed E-state index contributed by atoms with van der Waals surface area (Å²) in [5.41, 5.74) is 0.785. The molecule has 5 heteroatoms. The normalized spacial score (nSPS) is 17.4. The fourth-order valence-corrected chi connectivity index (χ4v) is 3.10. The summed E-state index contributed by atoms with van der Waals surface area (Å²) in [4.78, 5) is 2.17. The van der Waals surface area contributed by atoms with Crippen molar-refractivity contribution < 1.29 is 9.13 Å². The van der Waals surface area contributed by atoms with Gasteiger partial charge in [0.15, 0.2) is 0 Å². The second kappa shape index (κ2) is 7.92. The third-order valence-electron chi connectivity index (χ3n) is 4.32. The van der Waals surface area contributed by atoms with Gasteiger partial charge in [-0.25, -0.2) is 4.39 Å². The second-order valence-electron chi connectivity index (χ2n) is 6.09. The average Bonchev–Trinajstić information content (AvgIpc) is 2.52. The molecule has 0 bridgehead atoms. The number of nitrogens with zero attached hydrogens (tertiary/aromatic N) is 2. The van der Waals surface area contributed by atoms with Crippen molar-refractivity contribution >= 4 is 11.6 Å². The van der Waals surface area contributed by atoms with Crippen molar-refractivity contribution in [3.8, 4) is 6.07 Å². The van der Waals surface area contributed by atoms with Crippen molar-refractivity contribution in [2.75, 3.05) is 26.8 Å². The molecule has 0 amide bonds. The SMILES string of the molecule is CN(CCCC1(C#N)CCOCC1)Cc1ccc(F)c(Cl)c1. The number of hydrogen-bond donors (Lipinski definition) is 0. The Balaban J connectivity index is 1.78. The molecule has 0 aliphatic carbocycles. The topological polar surface area (TPSA) is 36.3 Å². The molecule has 2 rings (SSSR count). The molecule has 1 fully saturated rings. The standard InChI is InChI=1S/C17H22ClFN2O/c1-21(12-14-3-4-16(19)15(18)11-14)8-2-5-17(13-20)6-9-22-10-7-17/h3-4,11H,2,5-10,12H2,1H3. The van der Waals surface area contributed by atoms with Gasteiger partial charge in [-0.3, -0.25) is 0 Å². The number of benzene rings is 1. The van der Waals surface area contributed by atoms with Gasteiger partial charge in [-0.15, -0.1) is 0 Å². The lowest BCUT2D eigenvalue weighted by molar-refractivity contribution is 0.0351. The molecular weight excluding hydrogens is 303 g/mol. The van der Waals surface area contributed by atoms with Crippen LogP contribution < -0.4 is 0 Å². The van der Waals surface area contributed by atoms with E-state index in [1.54, 1.807) is 12.1 Å². The zero-order valence-corrected chi connectivity index (χ0v) is 13.7. The fraction of sp³-hybridized carbons (Fsp3) is 0.588. The Morgan fingerprint density at radius 3 is 2.77 bits per heavy atom. The van der Waals surface area contributed by atoms with Gasteiger partial charge in [0.2, 0.25) is 0 Å². The Kier molecular flexibility index (Phi) is 6.19. The quantitative estimate of drug-likeness (QED) is 0.793. The highest BCUT2D eigenvalue weighted by Gasteiger charge is 2.31. The first kappa shape index (κ1) is 17.2. The van der Waals surface area contributed by atoms with Gasteiger partial charge >= 0.3 is 0 Å². The molecule has 120 valence electrons. The summed E-state index contributed by atoms with van der Waals surface area (Å²) in [5, 5.41) is 9.59. The molecule has 0 spiro atoms. The molecule has 0 saturated carbocycles. The largest absolute Gasteiger partial charge is 0.381 e. The summed E-state index contributed by atoms with van der Waals surface area (Å²) in [6.07, 6.45) is 3.54. The van der Waals surface area contributed by atoms with E-state index in [9.17, 15) is 9.65 Å². The van der Waals surface area contributed by atoms with Crippen LogP contribution in [0.25, 0.3) is 0 Å². The number of halogens is 2. The summed E-state index contributed by atoms with van der Waals surface area (Å²) in [6.45, 7) is 3.01. The van der Waals surface area contributed by atoms with Crippen LogP contribution in [0.1, 0.15) is 31.2 Å². The molecule has 1 saturated heterocycles. The monoisotopic (exact) mass is 324 g/mol. The molecule has 0 unspecified atom stereocenters. The predicted octanol–water partition coefficient (Wildman–Crippen LogP) is 4.01. The van der Waals surface area contributed by atoms with Crippen molar-refractivity contribution in [3.05, 3.63) is 34.6 Å². The molecule has 3 nitrogen and oxygen atoms in total. The van der Waals surface area contributed by atoms with E-state index < -0.39 is 0 Å². The smallest absolute Gasteiger partial charge is 0.141 e. The van der Waals surface area contributed by atoms with Crippen molar-refractivity contribution in [3.63, 3.8) is 0 Å². The van der Waals surface area contributed by atoms with Crippen LogP contribution in [0.2, 0.25) is 5.02 Å². The minimum Gasteiger partial charge on any atom is -0.381 e. The summed E-state index contributed by atoms with van der Waals surface area (Å²) in [6, 6.07) is 7.32. The minimum atomic E-state index is -0.386. The first-order valence-electron chi connectivity index (χ1n) is 7.66. The van der Waals surface area contributed by atoms with E-state index >= 15 is 0 Å². The van der Waals surface area contributed by atoms with E-state index in [1.807, 2.05) is 7.05 Å². The van der Waals surface area contributed by atoms with Gasteiger partial charge in [-0.05, 0) is 57.0 Å². The van der Waals surface area contributed by atoms with Crippen LogP contribution in [-0.4, -0.2) is 31.7 Å². The molecule has 1 aliphatic rings. The van der Waals surface area contributed by atoms with Gasteiger partial charge < -0.3 is 9.64 Å². The van der Waals surface area contributed by atoms with Gasteiger partial charge in [0.05, 0.1) is 16.5 Å². The van der Waals surface area contributed by atoms with E-state index in [-0.39, 0.29) is 16.3 Å². The van der Waals surface area contributed by atoms with Crippen LogP contribution in [-0.2, 0) is 11.3 Å². The molecule has 1 aliphatic heterocycles. The summed E-state index contributed by atoms with van der Waals surface area (Å²) in [7, 11) is 2.03. The van der Waals surface area contributed by atoms with Crippen molar-refractivity contribution in [2.24, 2.45) is 5.41 Å². The Labute approximate surface area is 136 Å². The highest BCUT2D eigenvalue weighted by atomic mass is 35.5. The molecular formula is C17H22ClFN2O. The lowest BCUT2D eigenvalue weighted by atomic mass is 9.78. The van der Waals surface area contributed by atoms with Gasteiger partial charge in [0.1, 0.15) is 5.82 Å². The Hall–Kier alpha value is -1.15. The van der Waals surface area contributed by atoms with E-state index in [4.69, 9.17) is 16.3 Å². The number of rotatable bonds is 6. The van der Waals surface area contributed by atoms with E-state index in [2.05, 4.69) is 11.0 Å². The summed E-state index contributed by atoms with van der Waals surface area (Å²) in [5.74, 6) is -0.386.